The van der Waals surface area contributed by atoms with Gasteiger partial charge < -0.3 is 4.90 Å². The van der Waals surface area contributed by atoms with Gasteiger partial charge in [0.05, 0.1) is 4.90 Å². The SMILES string of the molecule is O=S(=O)(c1ccc(N2CCC(CCl)C2)cc1)C(F)F. The summed E-state index contributed by atoms with van der Waals surface area (Å²) in [6.45, 7) is 1.66. The van der Waals surface area contributed by atoms with Crippen molar-refractivity contribution in [1.29, 1.82) is 0 Å². The van der Waals surface area contributed by atoms with Gasteiger partial charge in [0.15, 0.2) is 0 Å². The molecule has 1 aliphatic heterocycles. The molecule has 1 aromatic carbocycles. The fraction of sp³-hybridized carbons (Fsp3) is 0.500. The van der Waals surface area contributed by atoms with E-state index in [0.717, 1.165) is 25.2 Å². The minimum Gasteiger partial charge on any atom is -0.371 e. The summed E-state index contributed by atoms with van der Waals surface area (Å²) in [4.78, 5) is 1.73. The predicted octanol–water partition coefficient (Wildman–Crippen LogP) is 2.75. The monoisotopic (exact) mass is 309 g/mol. The Morgan fingerprint density at radius 3 is 2.42 bits per heavy atom. The minimum absolute atomic E-state index is 0.348. The quantitative estimate of drug-likeness (QED) is 0.803. The van der Waals surface area contributed by atoms with Crippen molar-refractivity contribution in [3.8, 4) is 0 Å². The Kier molecular flexibility index (Phi) is 4.30. The maximum Gasteiger partial charge on any atom is 0.341 e. The third kappa shape index (κ3) is 3.00. The third-order valence-corrected chi connectivity index (χ3v) is 5.10. The van der Waals surface area contributed by atoms with E-state index in [9.17, 15) is 17.2 Å². The van der Waals surface area contributed by atoms with Crippen molar-refractivity contribution in [3.63, 3.8) is 0 Å². The van der Waals surface area contributed by atoms with Crippen LogP contribution in [0.5, 0.6) is 0 Å². The molecule has 1 unspecified atom stereocenters. The Labute approximate surface area is 116 Å². The van der Waals surface area contributed by atoms with Crippen LogP contribution in [0.15, 0.2) is 29.2 Å². The molecule has 0 aliphatic carbocycles. The first-order chi connectivity index (χ1) is 8.95. The number of benzene rings is 1. The molecule has 7 heteroatoms. The average Bonchev–Trinajstić information content (AvgIpc) is 2.87. The molecule has 1 aliphatic rings. The molecule has 0 N–H and O–H groups in total. The van der Waals surface area contributed by atoms with Crippen LogP contribution < -0.4 is 4.90 Å². The summed E-state index contributed by atoms with van der Waals surface area (Å²) in [7, 11) is -4.51. The summed E-state index contributed by atoms with van der Waals surface area (Å²) in [5.41, 5.74) is 0.834. The molecule has 1 atom stereocenters. The second kappa shape index (κ2) is 5.63. The molecular formula is C12H14ClF2NO2S. The van der Waals surface area contributed by atoms with E-state index in [1.54, 1.807) is 12.1 Å². The molecule has 3 nitrogen and oxygen atoms in total. The summed E-state index contributed by atoms with van der Waals surface area (Å²) in [5.74, 6) is -2.37. The number of anilines is 1. The van der Waals surface area contributed by atoms with Crippen LogP contribution in [0.25, 0.3) is 0 Å². The normalized spacial score (nSPS) is 20.2. The van der Waals surface area contributed by atoms with Crippen molar-refractivity contribution in [1.82, 2.24) is 0 Å². The highest BCUT2D eigenvalue weighted by atomic mass is 35.5. The lowest BCUT2D eigenvalue weighted by Gasteiger charge is -2.18. The Morgan fingerprint density at radius 1 is 1.32 bits per heavy atom. The molecule has 0 amide bonds. The standard InChI is InChI=1S/C12H14ClF2NO2S/c13-7-9-5-6-16(8-9)10-1-3-11(4-2-10)19(17,18)12(14)15/h1-4,9,12H,5-8H2. The lowest BCUT2D eigenvalue weighted by molar-refractivity contribution is 0.234. The molecule has 19 heavy (non-hydrogen) atoms. The van der Waals surface area contributed by atoms with E-state index in [4.69, 9.17) is 11.6 Å². The summed E-state index contributed by atoms with van der Waals surface area (Å²) >= 11 is 5.79. The van der Waals surface area contributed by atoms with Gasteiger partial charge in [-0.15, -0.1) is 11.6 Å². The van der Waals surface area contributed by atoms with Crippen molar-refractivity contribution >= 4 is 27.1 Å². The number of alkyl halides is 3. The van der Waals surface area contributed by atoms with Crippen molar-refractivity contribution in [2.45, 2.75) is 17.1 Å². The van der Waals surface area contributed by atoms with Gasteiger partial charge in [0.2, 0.25) is 9.84 Å². The molecule has 1 heterocycles. The summed E-state index contributed by atoms with van der Waals surface area (Å²) in [6.07, 6.45) is 0.987. The van der Waals surface area contributed by atoms with E-state index in [1.807, 2.05) is 0 Å². The van der Waals surface area contributed by atoms with Crippen LogP contribution in [-0.4, -0.2) is 33.1 Å². The Bertz CT molecular complexity index is 533. The number of hydrogen-bond acceptors (Lipinski definition) is 3. The second-order valence-corrected chi connectivity index (χ2v) is 6.78. The average molecular weight is 310 g/mol. The number of halogens is 3. The molecule has 2 rings (SSSR count). The van der Waals surface area contributed by atoms with E-state index >= 15 is 0 Å². The van der Waals surface area contributed by atoms with Gasteiger partial charge in [-0.2, -0.15) is 8.78 Å². The lowest BCUT2D eigenvalue weighted by Crippen LogP contribution is -2.20. The van der Waals surface area contributed by atoms with Gasteiger partial charge in [-0.05, 0) is 36.6 Å². The maximum atomic E-state index is 12.4. The first-order valence-electron chi connectivity index (χ1n) is 5.88. The van der Waals surface area contributed by atoms with Crippen molar-refractivity contribution in [2.24, 2.45) is 5.92 Å². The van der Waals surface area contributed by atoms with Crippen molar-refractivity contribution in [3.05, 3.63) is 24.3 Å². The highest BCUT2D eigenvalue weighted by Crippen LogP contribution is 2.26. The smallest absolute Gasteiger partial charge is 0.341 e. The van der Waals surface area contributed by atoms with E-state index in [2.05, 4.69) is 4.90 Å². The Balaban J connectivity index is 2.16. The zero-order chi connectivity index (χ0) is 14.0. The van der Waals surface area contributed by atoms with Crippen LogP contribution in [0.2, 0.25) is 0 Å². The first kappa shape index (κ1) is 14.5. The van der Waals surface area contributed by atoms with Gasteiger partial charge in [0, 0.05) is 24.7 Å². The number of hydrogen-bond donors (Lipinski definition) is 0. The highest BCUT2D eigenvalue weighted by Gasteiger charge is 2.27. The predicted molar refractivity (Wildman–Crippen MR) is 70.7 cm³/mol. The Hall–Kier alpha value is -0.880. The van der Waals surface area contributed by atoms with Crippen LogP contribution in [0, 0.1) is 5.92 Å². The Morgan fingerprint density at radius 2 is 1.95 bits per heavy atom. The highest BCUT2D eigenvalue weighted by molar-refractivity contribution is 7.91. The molecule has 0 bridgehead atoms. The molecule has 0 radical (unpaired) electrons. The van der Waals surface area contributed by atoms with Gasteiger partial charge in [0.1, 0.15) is 0 Å². The van der Waals surface area contributed by atoms with Gasteiger partial charge in [-0.25, -0.2) is 8.42 Å². The fourth-order valence-electron chi connectivity index (χ4n) is 2.14. The van der Waals surface area contributed by atoms with Crippen LogP contribution in [0.1, 0.15) is 6.42 Å². The topological polar surface area (TPSA) is 37.4 Å². The fourth-order valence-corrected chi connectivity index (χ4v) is 3.12. The van der Waals surface area contributed by atoms with Crippen LogP contribution in [-0.2, 0) is 9.84 Å². The molecule has 106 valence electrons. The van der Waals surface area contributed by atoms with Crippen LogP contribution >= 0.6 is 11.6 Å². The molecular weight excluding hydrogens is 296 g/mol. The van der Waals surface area contributed by atoms with Gasteiger partial charge >= 0.3 is 5.76 Å². The number of sulfone groups is 1. The molecule has 0 aromatic heterocycles. The second-order valence-electron chi connectivity index (χ2n) is 4.55. The lowest BCUT2D eigenvalue weighted by atomic mass is 10.2. The molecule has 1 fully saturated rings. The van der Waals surface area contributed by atoms with E-state index in [0.29, 0.717) is 11.8 Å². The number of rotatable bonds is 4. The van der Waals surface area contributed by atoms with E-state index in [-0.39, 0.29) is 4.90 Å². The number of nitrogens with zero attached hydrogens (tertiary/aromatic N) is 1. The molecule has 0 spiro atoms. The van der Waals surface area contributed by atoms with Gasteiger partial charge in [0.25, 0.3) is 0 Å². The minimum atomic E-state index is -4.51. The van der Waals surface area contributed by atoms with Crippen molar-refractivity contribution < 1.29 is 17.2 Å². The largest absolute Gasteiger partial charge is 0.371 e. The maximum absolute atomic E-state index is 12.4. The van der Waals surface area contributed by atoms with E-state index in [1.165, 1.54) is 12.1 Å². The summed E-state index contributed by atoms with van der Waals surface area (Å²) in [6, 6.07) is 5.58. The zero-order valence-corrected chi connectivity index (χ0v) is 11.7. The first-order valence-corrected chi connectivity index (χ1v) is 7.96. The van der Waals surface area contributed by atoms with Crippen molar-refractivity contribution in [2.75, 3.05) is 23.9 Å². The van der Waals surface area contributed by atoms with Gasteiger partial charge in [-0.1, -0.05) is 0 Å². The van der Waals surface area contributed by atoms with Gasteiger partial charge in [-0.3, -0.25) is 0 Å². The zero-order valence-electron chi connectivity index (χ0n) is 10.1. The van der Waals surface area contributed by atoms with E-state index < -0.39 is 15.6 Å². The molecule has 1 aromatic rings. The van der Waals surface area contributed by atoms with Crippen LogP contribution in [0.3, 0.4) is 0 Å². The molecule has 1 saturated heterocycles. The summed E-state index contributed by atoms with van der Waals surface area (Å²) in [5, 5.41) is 0. The van der Waals surface area contributed by atoms with Crippen LogP contribution in [0.4, 0.5) is 14.5 Å². The molecule has 0 saturated carbocycles. The third-order valence-electron chi connectivity index (χ3n) is 3.27. The summed E-state index contributed by atoms with van der Waals surface area (Å²) < 4.78 is 47.3.